The topological polar surface area (TPSA) is 70.1 Å². The lowest BCUT2D eigenvalue weighted by Crippen LogP contribution is -2.17. The second-order valence-corrected chi connectivity index (χ2v) is 6.84. The van der Waals surface area contributed by atoms with E-state index in [1.807, 2.05) is 42.5 Å². The van der Waals surface area contributed by atoms with E-state index in [0.717, 1.165) is 19.9 Å². The van der Waals surface area contributed by atoms with Crippen LogP contribution < -0.4 is 5.43 Å². The van der Waals surface area contributed by atoms with Crippen LogP contribution in [0, 0.1) is 0 Å². The minimum Gasteiger partial charge on any atom is -0.276 e. The predicted molar refractivity (Wildman–Crippen MR) is 91.1 cm³/mol. The molecule has 22 heavy (non-hydrogen) atoms. The van der Waals surface area contributed by atoms with E-state index in [2.05, 4.69) is 36.7 Å². The van der Waals surface area contributed by atoms with Crippen LogP contribution in [-0.2, 0) is 0 Å². The van der Waals surface area contributed by atoms with Gasteiger partial charge in [-0.1, -0.05) is 30.3 Å². The third kappa shape index (κ3) is 3.49. The number of hydrogen-bond acceptors (Lipinski definition) is 4. The lowest BCUT2D eigenvalue weighted by Gasteiger charge is -1.94. The molecule has 0 saturated carbocycles. The Bertz CT molecular complexity index is 810. The zero-order valence-electron chi connectivity index (χ0n) is 11.3. The summed E-state index contributed by atoms with van der Waals surface area (Å²) in [5.74, 6) is -0.356. The third-order valence-corrected chi connectivity index (χ3v) is 4.49. The highest BCUT2D eigenvalue weighted by atomic mass is 79.9. The Morgan fingerprint density at radius 1 is 1.27 bits per heavy atom. The molecule has 0 saturated heterocycles. The molecule has 2 N–H and O–H groups in total. The molecule has 1 aromatic carbocycles. The molecule has 2 aromatic heterocycles. The highest BCUT2D eigenvalue weighted by Crippen LogP contribution is 2.30. The first-order valence-corrected chi connectivity index (χ1v) is 8.03. The molecule has 7 heteroatoms. The zero-order valence-corrected chi connectivity index (χ0v) is 13.7. The largest absolute Gasteiger partial charge is 0.291 e. The van der Waals surface area contributed by atoms with E-state index in [0.29, 0.717) is 5.69 Å². The third-order valence-electron chi connectivity index (χ3n) is 2.83. The lowest BCUT2D eigenvalue weighted by molar-refractivity contribution is 0.0950. The number of H-pyrrole nitrogens is 1. The second kappa shape index (κ2) is 6.67. The molecule has 0 atom stereocenters. The van der Waals surface area contributed by atoms with Crippen LogP contribution in [0.5, 0.6) is 0 Å². The number of rotatable bonds is 4. The number of halogens is 1. The number of aromatic nitrogens is 2. The van der Waals surface area contributed by atoms with E-state index in [9.17, 15) is 4.79 Å². The van der Waals surface area contributed by atoms with E-state index in [-0.39, 0.29) is 5.91 Å². The number of hydrogen-bond donors (Lipinski definition) is 2. The van der Waals surface area contributed by atoms with Crippen molar-refractivity contribution in [2.24, 2.45) is 5.10 Å². The van der Waals surface area contributed by atoms with Crippen molar-refractivity contribution < 1.29 is 4.79 Å². The smallest absolute Gasteiger partial charge is 0.276 e. The SMILES string of the molecule is O=C(N/N=C\c1ccccc1)c1cc(-c2ccc(Br)s2)[nH]n1. The van der Waals surface area contributed by atoms with Gasteiger partial charge in [-0.3, -0.25) is 9.89 Å². The van der Waals surface area contributed by atoms with Gasteiger partial charge in [0.1, 0.15) is 0 Å². The Balaban J connectivity index is 1.66. The fourth-order valence-electron chi connectivity index (χ4n) is 1.79. The van der Waals surface area contributed by atoms with Crippen molar-refractivity contribution in [1.82, 2.24) is 15.6 Å². The van der Waals surface area contributed by atoms with Gasteiger partial charge in [0.2, 0.25) is 0 Å². The van der Waals surface area contributed by atoms with Gasteiger partial charge in [-0.15, -0.1) is 11.3 Å². The summed E-state index contributed by atoms with van der Waals surface area (Å²) in [5, 5.41) is 10.8. The van der Waals surface area contributed by atoms with Gasteiger partial charge in [-0.25, -0.2) is 5.43 Å². The van der Waals surface area contributed by atoms with Gasteiger partial charge in [0.05, 0.1) is 20.6 Å². The number of nitrogens with one attached hydrogen (secondary N) is 2. The maximum Gasteiger partial charge on any atom is 0.291 e. The molecule has 0 aliphatic carbocycles. The van der Waals surface area contributed by atoms with Crippen LogP contribution in [0.4, 0.5) is 0 Å². The van der Waals surface area contributed by atoms with Crippen LogP contribution in [-0.4, -0.2) is 22.3 Å². The number of amides is 1. The minimum absolute atomic E-state index is 0.296. The van der Waals surface area contributed by atoms with Crippen LogP contribution in [0.25, 0.3) is 10.6 Å². The predicted octanol–water partition coefficient (Wildman–Crippen LogP) is 3.66. The zero-order chi connectivity index (χ0) is 15.4. The monoisotopic (exact) mass is 374 g/mol. The molecule has 1 amide bonds. The van der Waals surface area contributed by atoms with Gasteiger partial charge >= 0.3 is 0 Å². The summed E-state index contributed by atoms with van der Waals surface area (Å²) in [6, 6.07) is 15.1. The van der Waals surface area contributed by atoms with E-state index < -0.39 is 0 Å². The normalized spacial score (nSPS) is 11.0. The first kappa shape index (κ1) is 14.7. The Morgan fingerprint density at radius 2 is 2.09 bits per heavy atom. The molecule has 0 bridgehead atoms. The minimum atomic E-state index is -0.356. The lowest BCUT2D eigenvalue weighted by atomic mass is 10.2. The molecule has 2 heterocycles. The Hall–Kier alpha value is -2.25. The van der Waals surface area contributed by atoms with Gasteiger partial charge in [-0.2, -0.15) is 10.2 Å². The molecule has 0 unspecified atom stereocenters. The fraction of sp³-hybridized carbons (Fsp3) is 0. The molecule has 0 spiro atoms. The summed E-state index contributed by atoms with van der Waals surface area (Å²) < 4.78 is 1.02. The molecular formula is C15H11BrN4OS. The van der Waals surface area contributed by atoms with Gasteiger partial charge in [0.25, 0.3) is 5.91 Å². The Kier molecular flexibility index (Phi) is 4.45. The molecular weight excluding hydrogens is 364 g/mol. The van der Waals surface area contributed by atoms with Crippen molar-refractivity contribution in [1.29, 1.82) is 0 Å². The molecule has 5 nitrogen and oxygen atoms in total. The van der Waals surface area contributed by atoms with Gasteiger partial charge in [-0.05, 0) is 39.7 Å². The number of aromatic amines is 1. The average molecular weight is 375 g/mol. The quantitative estimate of drug-likeness (QED) is 0.540. The highest BCUT2D eigenvalue weighted by molar-refractivity contribution is 9.11. The van der Waals surface area contributed by atoms with Crippen LogP contribution in [0.2, 0.25) is 0 Å². The van der Waals surface area contributed by atoms with Gasteiger partial charge in [0.15, 0.2) is 5.69 Å². The molecule has 0 aliphatic rings. The van der Waals surface area contributed by atoms with Crippen molar-refractivity contribution in [3.8, 4) is 10.6 Å². The van der Waals surface area contributed by atoms with Crippen LogP contribution >= 0.6 is 27.3 Å². The maximum absolute atomic E-state index is 12.0. The van der Waals surface area contributed by atoms with Gasteiger partial charge in [0, 0.05) is 0 Å². The molecule has 0 fully saturated rings. The number of hydrazone groups is 1. The highest BCUT2D eigenvalue weighted by Gasteiger charge is 2.11. The number of benzene rings is 1. The Labute approximate surface area is 139 Å². The number of carbonyl (C=O) groups excluding carboxylic acids is 1. The summed E-state index contributed by atoms with van der Waals surface area (Å²) in [7, 11) is 0. The summed E-state index contributed by atoms with van der Waals surface area (Å²) >= 11 is 4.97. The van der Waals surface area contributed by atoms with E-state index >= 15 is 0 Å². The average Bonchev–Trinajstić information content (AvgIpc) is 3.17. The van der Waals surface area contributed by atoms with Crippen LogP contribution in [0.3, 0.4) is 0 Å². The number of nitrogens with zero attached hydrogens (tertiary/aromatic N) is 2. The van der Waals surface area contributed by atoms with E-state index in [1.165, 1.54) is 0 Å². The van der Waals surface area contributed by atoms with Gasteiger partial charge < -0.3 is 0 Å². The van der Waals surface area contributed by atoms with Crippen molar-refractivity contribution >= 4 is 39.4 Å². The van der Waals surface area contributed by atoms with E-state index in [1.54, 1.807) is 23.6 Å². The number of thiophene rings is 1. The van der Waals surface area contributed by atoms with Crippen molar-refractivity contribution in [2.45, 2.75) is 0 Å². The summed E-state index contributed by atoms with van der Waals surface area (Å²) in [6.07, 6.45) is 1.59. The Morgan fingerprint density at radius 3 is 2.82 bits per heavy atom. The number of carbonyl (C=O) groups is 1. The van der Waals surface area contributed by atoms with E-state index in [4.69, 9.17) is 0 Å². The van der Waals surface area contributed by atoms with Crippen molar-refractivity contribution in [3.63, 3.8) is 0 Å². The fourth-order valence-corrected chi connectivity index (χ4v) is 3.14. The standard InChI is InChI=1S/C15H11BrN4OS/c16-14-7-6-13(22-14)11-8-12(19-18-11)15(21)20-17-9-10-4-2-1-3-5-10/h1-9H,(H,18,19)(H,20,21)/b17-9-. The molecule has 0 aliphatic heterocycles. The first-order valence-electron chi connectivity index (χ1n) is 6.42. The molecule has 3 rings (SSSR count). The van der Waals surface area contributed by atoms with Crippen molar-refractivity contribution in [2.75, 3.05) is 0 Å². The van der Waals surface area contributed by atoms with Crippen molar-refractivity contribution in [3.05, 3.63) is 63.6 Å². The second-order valence-electron chi connectivity index (χ2n) is 4.38. The molecule has 3 aromatic rings. The summed E-state index contributed by atoms with van der Waals surface area (Å²) in [5.41, 5.74) is 4.47. The maximum atomic E-state index is 12.0. The van der Waals surface area contributed by atoms with Crippen LogP contribution in [0.15, 0.2) is 57.4 Å². The molecule has 110 valence electrons. The van der Waals surface area contributed by atoms with Crippen LogP contribution in [0.1, 0.15) is 16.1 Å². The summed E-state index contributed by atoms with van der Waals surface area (Å²) in [4.78, 5) is 13.0. The molecule has 0 radical (unpaired) electrons. The summed E-state index contributed by atoms with van der Waals surface area (Å²) in [6.45, 7) is 0. The first-order chi connectivity index (χ1) is 10.7.